The van der Waals surface area contributed by atoms with Crippen LogP contribution in [0.1, 0.15) is 17.5 Å². The van der Waals surface area contributed by atoms with E-state index in [-0.39, 0.29) is 6.02 Å². The molecule has 1 aromatic carbocycles. The van der Waals surface area contributed by atoms with Crippen LogP contribution in [0.4, 0.5) is 10.5 Å². The first-order valence-electron chi connectivity index (χ1n) is 7.56. The van der Waals surface area contributed by atoms with Crippen LogP contribution in [-0.2, 0) is 27.6 Å². The molecule has 1 amide bonds. The Balaban J connectivity index is 1.91. The van der Waals surface area contributed by atoms with Gasteiger partial charge in [-0.25, -0.2) is 13.4 Å². The van der Waals surface area contributed by atoms with Crippen molar-refractivity contribution >= 4 is 27.0 Å². The lowest BCUT2D eigenvalue weighted by molar-refractivity contribution is 0.235. The fraction of sp³-hybridized carbons (Fsp3) is 0.467. The van der Waals surface area contributed by atoms with E-state index in [4.69, 9.17) is 10.5 Å². The summed E-state index contributed by atoms with van der Waals surface area (Å²) in [6.07, 6.45) is 2.11. The number of carbonyl (C=O) groups is 1. The highest BCUT2D eigenvalue weighted by Crippen LogP contribution is 2.37. The molecule has 24 heavy (non-hydrogen) atoms. The number of aliphatic imine (C=N–C) groups is 1. The zero-order valence-electron chi connectivity index (χ0n) is 13.6. The quantitative estimate of drug-likeness (QED) is 0.812. The van der Waals surface area contributed by atoms with Crippen LogP contribution in [0, 0.1) is 0 Å². The number of benzene rings is 1. The van der Waals surface area contributed by atoms with E-state index < -0.39 is 20.8 Å². The number of ether oxygens (including phenoxy) is 1. The SMILES string of the molecule is CN(C)S(=O)(=O)C(=O)Nc1cccc2c1CC1(CC2)COC(N)=N1. The molecular weight excluding hydrogens is 332 g/mol. The van der Waals surface area contributed by atoms with Crippen LogP contribution < -0.4 is 11.1 Å². The molecule has 9 heteroatoms. The summed E-state index contributed by atoms with van der Waals surface area (Å²) in [5.41, 5.74) is 7.65. The molecule has 0 fully saturated rings. The van der Waals surface area contributed by atoms with Gasteiger partial charge in [-0.3, -0.25) is 4.79 Å². The lowest BCUT2D eigenvalue weighted by Gasteiger charge is -2.31. The van der Waals surface area contributed by atoms with Crippen LogP contribution in [-0.4, -0.2) is 50.2 Å². The maximum absolute atomic E-state index is 12.1. The molecule has 0 saturated heterocycles. The molecule has 3 N–H and O–H groups in total. The average molecular weight is 352 g/mol. The zero-order chi connectivity index (χ0) is 17.5. The molecule has 1 aromatic rings. The first-order valence-corrected chi connectivity index (χ1v) is 9.00. The van der Waals surface area contributed by atoms with Gasteiger partial charge in [0.15, 0.2) is 0 Å². The average Bonchev–Trinajstić information content (AvgIpc) is 2.88. The molecule has 0 radical (unpaired) electrons. The number of fused-ring (bicyclic) bond motifs is 1. The van der Waals surface area contributed by atoms with E-state index in [1.54, 1.807) is 12.1 Å². The van der Waals surface area contributed by atoms with Crippen LogP contribution in [0.3, 0.4) is 0 Å². The number of hydrogen-bond acceptors (Lipinski definition) is 6. The molecule has 1 atom stereocenters. The van der Waals surface area contributed by atoms with E-state index >= 15 is 0 Å². The number of nitrogens with one attached hydrogen (secondary N) is 1. The van der Waals surface area contributed by atoms with Crippen molar-refractivity contribution in [3.8, 4) is 0 Å². The molecule has 1 spiro atoms. The first kappa shape index (κ1) is 16.7. The minimum Gasteiger partial charge on any atom is -0.463 e. The lowest BCUT2D eigenvalue weighted by atomic mass is 9.78. The number of amides is 1. The molecule has 130 valence electrons. The maximum Gasteiger partial charge on any atom is 0.356 e. The van der Waals surface area contributed by atoms with E-state index in [9.17, 15) is 13.2 Å². The molecule has 1 aliphatic carbocycles. The number of aryl methyl sites for hydroxylation is 1. The molecule has 1 aliphatic heterocycles. The summed E-state index contributed by atoms with van der Waals surface area (Å²) >= 11 is 0. The lowest BCUT2D eigenvalue weighted by Crippen LogP contribution is -2.37. The van der Waals surface area contributed by atoms with Crippen molar-refractivity contribution in [3.63, 3.8) is 0 Å². The van der Waals surface area contributed by atoms with Gasteiger partial charge in [0.2, 0.25) is 0 Å². The standard InChI is InChI=1S/C15H20N4O4S/c1-19(2)24(21,22)14(20)17-12-5-3-4-10-6-7-15(8-11(10)12)9-23-13(16)18-15/h3-5H,6-9H2,1-2H3,(H2,16,18)(H,17,20). The molecule has 2 aliphatic rings. The second-order valence-electron chi connectivity index (χ2n) is 6.28. The van der Waals surface area contributed by atoms with Crippen molar-refractivity contribution in [2.75, 3.05) is 26.0 Å². The van der Waals surface area contributed by atoms with Crippen LogP contribution in [0.25, 0.3) is 0 Å². The van der Waals surface area contributed by atoms with Crippen molar-refractivity contribution in [3.05, 3.63) is 29.3 Å². The van der Waals surface area contributed by atoms with E-state index in [1.807, 2.05) is 6.07 Å². The van der Waals surface area contributed by atoms with Crippen LogP contribution in [0.2, 0.25) is 0 Å². The number of amidine groups is 1. The largest absolute Gasteiger partial charge is 0.463 e. The van der Waals surface area contributed by atoms with Gasteiger partial charge in [0.25, 0.3) is 16.0 Å². The monoisotopic (exact) mass is 352 g/mol. The first-order chi connectivity index (χ1) is 11.2. The molecule has 0 bridgehead atoms. The van der Waals surface area contributed by atoms with Crippen LogP contribution >= 0.6 is 0 Å². The second kappa shape index (κ2) is 5.75. The van der Waals surface area contributed by atoms with E-state index in [0.717, 1.165) is 28.3 Å². The highest BCUT2D eigenvalue weighted by Gasteiger charge is 2.40. The summed E-state index contributed by atoms with van der Waals surface area (Å²) in [5.74, 6) is 0. The highest BCUT2D eigenvalue weighted by molar-refractivity contribution is 8.04. The summed E-state index contributed by atoms with van der Waals surface area (Å²) in [6.45, 7) is 0.399. The number of nitrogens with zero attached hydrogens (tertiary/aromatic N) is 2. The van der Waals surface area contributed by atoms with Crippen LogP contribution in [0.15, 0.2) is 23.2 Å². The Morgan fingerprint density at radius 1 is 1.42 bits per heavy atom. The van der Waals surface area contributed by atoms with Gasteiger partial charge in [0.1, 0.15) is 12.1 Å². The molecule has 0 saturated carbocycles. The van der Waals surface area contributed by atoms with Gasteiger partial charge in [0, 0.05) is 26.2 Å². The van der Waals surface area contributed by atoms with Gasteiger partial charge < -0.3 is 15.8 Å². The molecule has 0 aromatic heterocycles. The fourth-order valence-corrected chi connectivity index (χ4v) is 3.62. The predicted molar refractivity (Wildman–Crippen MR) is 90.4 cm³/mol. The van der Waals surface area contributed by atoms with Crippen molar-refractivity contribution in [1.29, 1.82) is 0 Å². The Morgan fingerprint density at radius 2 is 2.17 bits per heavy atom. The van der Waals surface area contributed by atoms with Gasteiger partial charge in [-0.1, -0.05) is 12.1 Å². The van der Waals surface area contributed by atoms with E-state index in [0.29, 0.717) is 18.7 Å². The number of carbonyl (C=O) groups excluding carboxylic acids is 1. The van der Waals surface area contributed by atoms with Crippen molar-refractivity contribution < 1.29 is 17.9 Å². The van der Waals surface area contributed by atoms with Crippen molar-refractivity contribution in [2.24, 2.45) is 10.7 Å². The van der Waals surface area contributed by atoms with Gasteiger partial charge in [-0.05, 0) is 30.0 Å². The summed E-state index contributed by atoms with van der Waals surface area (Å²) in [4.78, 5) is 16.5. The molecule has 8 nitrogen and oxygen atoms in total. The third kappa shape index (κ3) is 2.84. The van der Waals surface area contributed by atoms with Crippen molar-refractivity contribution in [2.45, 2.75) is 24.8 Å². The second-order valence-corrected chi connectivity index (χ2v) is 8.33. The zero-order valence-corrected chi connectivity index (χ0v) is 14.4. The third-order valence-corrected chi connectivity index (χ3v) is 5.96. The Bertz CT molecular complexity index is 819. The smallest absolute Gasteiger partial charge is 0.356 e. The summed E-state index contributed by atoms with van der Waals surface area (Å²) < 4.78 is 30.1. The number of rotatable bonds is 2. The third-order valence-electron chi connectivity index (χ3n) is 4.43. The van der Waals surface area contributed by atoms with Crippen LogP contribution in [0.5, 0.6) is 0 Å². The fourth-order valence-electron chi connectivity index (χ4n) is 3.05. The van der Waals surface area contributed by atoms with Gasteiger partial charge >= 0.3 is 5.24 Å². The Morgan fingerprint density at radius 3 is 2.79 bits per heavy atom. The summed E-state index contributed by atoms with van der Waals surface area (Å²) in [5, 5.41) is 1.47. The minimum atomic E-state index is -4.03. The number of hydrogen-bond donors (Lipinski definition) is 2. The number of sulfonamides is 1. The predicted octanol–water partition coefficient (Wildman–Crippen LogP) is 0.682. The molecule has 1 unspecified atom stereocenters. The summed E-state index contributed by atoms with van der Waals surface area (Å²) in [7, 11) is -1.39. The van der Waals surface area contributed by atoms with Gasteiger partial charge in [0.05, 0.1) is 0 Å². The van der Waals surface area contributed by atoms with E-state index in [2.05, 4.69) is 10.3 Å². The van der Waals surface area contributed by atoms with E-state index in [1.165, 1.54) is 14.1 Å². The topological polar surface area (TPSA) is 114 Å². The normalized spacial score (nSPS) is 22.9. The minimum absolute atomic E-state index is 0.176. The molecular formula is C15H20N4O4S. The number of nitrogens with two attached hydrogens (primary N) is 1. The Kier molecular flexibility index (Phi) is 4.00. The van der Waals surface area contributed by atoms with Crippen molar-refractivity contribution in [1.82, 2.24) is 4.31 Å². The van der Waals surface area contributed by atoms with Gasteiger partial charge in [-0.2, -0.15) is 4.31 Å². The molecule has 3 rings (SSSR count). The number of anilines is 1. The molecule has 1 heterocycles. The maximum atomic E-state index is 12.1. The Hall–Kier alpha value is -2.13. The summed E-state index contributed by atoms with van der Waals surface area (Å²) in [6, 6.07) is 5.65. The Labute approximate surface area is 140 Å². The highest BCUT2D eigenvalue weighted by atomic mass is 32.2. The van der Waals surface area contributed by atoms with Gasteiger partial charge in [-0.15, -0.1) is 0 Å².